The van der Waals surface area contributed by atoms with Crippen LogP contribution in [0.4, 0.5) is 11.6 Å². The minimum absolute atomic E-state index is 0.0948. The van der Waals surface area contributed by atoms with E-state index in [1.807, 2.05) is 47.4 Å². The van der Waals surface area contributed by atoms with Crippen molar-refractivity contribution in [3.05, 3.63) is 70.2 Å². The van der Waals surface area contributed by atoms with E-state index in [-0.39, 0.29) is 5.91 Å². The number of aromatic nitrogens is 5. The van der Waals surface area contributed by atoms with Gasteiger partial charge in [-0.2, -0.15) is 10.1 Å². The Bertz CT molecular complexity index is 1290. The third kappa shape index (κ3) is 3.95. The monoisotopic (exact) mass is 491 g/mol. The van der Waals surface area contributed by atoms with E-state index in [2.05, 4.69) is 48.6 Å². The van der Waals surface area contributed by atoms with Crippen molar-refractivity contribution in [2.75, 3.05) is 17.2 Å². The van der Waals surface area contributed by atoms with Gasteiger partial charge >= 0.3 is 0 Å². The lowest BCUT2D eigenvalue weighted by Crippen LogP contribution is -2.17. The second-order valence-corrected chi connectivity index (χ2v) is 8.67. The number of pyridine rings is 1. The highest BCUT2D eigenvalue weighted by Crippen LogP contribution is 2.40. The van der Waals surface area contributed by atoms with Gasteiger partial charge in [0.1, 0.15) is 5.92 Å². The van der Waals surface area contributed by atoms with E-state index in [0.29, 0.717) is 23.8 Å². The lowest BCUT2D eigenvalue weighted by atomic mass is 9.95. The van der Waals surface area contributed by atoms with E-state index in [9.17, 15) is 4.79 Å². The molecule has 8 nitrogen and oxygen atoms in total. The van der Waals surface area contributed by atoms with Crippen molar-refractivity contribution >= 4 is 44.5 Å². The zero-order valence-electron chi connectivity index (χ0n) is 17.5. The molecule has 4 heterocycles. The van der Waals surface area contributed by atoms with E-state index in [4.69, 9.17) is 4.98 Å². The number of hydrogen-bond donors (Lipinski definition) is 2. The molecule has 1 atom stereocenters. The van der Waals surface area contributed by atoms with Crippen molar-refractivity contribution in [3.63, 3.8) is 0 Å². The van der Waals surface area contributed by atoms with Gasteiger partial charge in [0.05, 0.1) is 11.1 Å². The maximum atomic E-state index is 13.0. The number of nitrogens with zero attached hydrogens (tertiary/aromatic N) is 5. The third-order valence-electron chi connectivity index (χ3n) is 5.45. The molecule has 1 aliphatic rings. The van der Waals surface area contributed by atoms with Crippen LogP contribution in [0.2, 0.25) is 0 Å². The Morgan fingerprint density at radius 2 is 2.16 bits per heavy atom. The van der Waals surface area contributed by atoms with Crippen LogP contribution in [-0.2, 0) is 17.8 Å². The molecule has 4 aromatic rings. The smallest absolute Gasteiger partial charge is 0.238 e. The van der Waals surface area contributed by atoms with Crippen LogP contribution >= 0.6 is 15.9 Å². The Labute approximate surface area is 193 Å². The van der Waals surface area contributed by atoms with Gasteiger partial charge in [0, 0.05) is 41.8 Å². The van der Waals surface area contributed by atoms with Crippen molar-refractivity contribution < 1.29 is 4.79 Å². The van der Waals surface area contributed by atoms with Crippen molar-refractivity contribution in [2.24, 2.45) is 0 Å². The van der Waals surface area contributed by atoms with Gasteiger partial charge in [-0.3, -0.25) is 14.5 Å². The van der Waals surface area contributed by atoms with Gasteiger partial charge in [-0.15, -0.1) is 0 Å². The summed E-state index contributed by atoms with van der Waals surface area (Å²) in [6, 6.07) is 9.75. The molecular weight excluding hydrogens is 470 g/mol. The molecule has 1 unspecified atom stereocenters. The second-order valence-electron chi connectivity index (χ2n) is 7.75. The molecule has 0 saturated heterocycles. The van der Waals surface area contributed by atoms with E-state index in [0.717, 1.165) is 46.1 Å². The first-order chi connectivity index (χ1) is 15.6. The molecule has 0 radical (unpaired) electrons. The summed E-state index contributed by atoms with van der Waals surface area (Å²) in [6.07, 6.45) is 7.29. The maximum absolute atomic E-state index is 13.0. The van der Waals surface area contributed by atoms with Crippen LogP contribution in [0.5, 0.6) is 0 Å². The number of hydrogen-bond acceptors (Lipinski definition) is 6. The molecule has 162 valence electrons. The summed E-state index contributed by atoms with van der Waals surface area (Å²) >= 11 is 3.52. The number of benzene rings is 1. The summed E-state index contributed by atoms with van der Waals surface area (Å²) in [4.78, 5) is 26.6. The maximum Gasteiger partial charge on any atom is 0.238 e. The molecule has 2 N–H and O–H groups in total. The summed E-state index contributed by atoms with van der Waals surface area (Å²) in [5.74, 6) is -0.150. The fraction of sp³-hybridized carbons (Fsp3) is 0.261. The van der Waals surface area contributed by atoms with Gasteiger partial charge < -0.3 is 10.6 Å². The third-order valence-corrected chi connectivity index (χ3v) is 5.94. The first-order valence-electron chi connectivity index (χ1n) is 10.6. The average Bonchev–Trinajstić information content (AvgIpc) is 3.33. The number of nitrogens with one attached hydrogen (secondary N) is 2. The minimum atomic E-state index is -0.522. The Kier molecular flexibility index (Phi) is 5.57. The standard InChI is InChI=1S/C23H22BrN7O/c1-2-10-31-13-17-20(19-16-11-15(24)5-6-18(16)27-22(19)32)28-23(29-21(17)30-31)26-9-7-14-4-3-8-25-12-14/h3-6,8,11-13,19H,2,7,9-10H2,1H3,(H,27,32)(H,26,29,30). The molecule has 0 spiro atoms. The number of rotatable bonds is 7. The molecule has 0 bridgehead atoms. The molecule has 1 amide bonds. The SMILES string of the molecule is CCCn1cc2c(C3C(=O)Nc4ccc(Br)cc43)nc(NCCc3cccnc3)nc2n1. The highest BCUT2D eigenvalue weighted by Gasteiger charge is 2.35. The molecule has 0 fully saturated rings. The van der Waals surface area contributed by atoms with Gasteiger partial charge in [-0.25, -0.2) is 4.98 Å². The molecule has 1 aliphatic heterocycles. The van der Waals surface area contributed by atoms with Crippen LogP contribution in [0.1, 0.15) is 36.1 Å². The predicted octanol–water partition coefficient (Wildman–Crippen LogP) is 4.13. The lowest BCUT2D eigenvalue weighted by molar-refractivity contribution is -0.116. The Hall–Kier alpha value is -3.33. The van der Waals surface area contributed by atoms with Crippen LogP contribution in [0.25, 0.3) is 11.0 Å². The molecular formula is C23H22BrN7O. The van der Waals surface area contributed by atoms with Gasteiger partial charge in [-0.1, -0.05) is 28.9 Å². The molecule has 3 aromatic heterocycles. The van der Waals surface area contributed by atoms with Gasteiger partial charge in [0.15, 0.2) is 5.65 Å². The normalized spacial score (nSPS) is 15.1. The molecule has 0 saturated carbocycles. The van der Waals surface area contributed by atoms with Crippen molar-refractivity contribution in [2.45, 2.75) is 32.2 Å². The number of aryl methyl sites for hydroxylation is 1. The Morgan fingerprint density at radius 3 is 2.97 bits per heavy atom. The van der Waals surface area contributed by atoms with Crippen molar-refractivity contribution in [1.82, 2.24) is 24.7 Å². The number of carbonyl (C=O) groups excluding carboxylic acids is 1. The predicted molar refractivity (Wildman–Crippen MR) is 127 cm³/mol. The summed E-state index contributed by atoms with van der Waals surface area (Å²) in [6.45, 7) is 3.52. The van der Waals surface area contributed by atoms with Crippen molar-refractivity contribution in [3.8, 4) is 0 Å². The zero-order valence-corrected chi connectivity index (χ0v) is 19.1. The average molecular weight is 492 g/mol. The number of anilines is 2. The number of fused-ring (bicyclic) bond motifs is 2. The van der Waals surface area contributed by atoms with Crippen molar-refractivity contribution in [1.29, 1.82) is 0 Å². The first-order valence-corrected chi connectivity index (χ1v) is 11.4. The van der Waals surface area contributed by atoms with Crippen LogP contribution < -0.4 is 10.6 Å². The molecule has 1 aromatic carbocycles. The zero-order chi connectivity index (χ0) is 22.1. The topological polar surface area (TPSA) is 97.6 Å². The fourth-order valence-corrected chi connectivity index (χ4v) is 4.36. The van der Waals surface area contributed by atoms with Gasteiger partial charge in [0.2, 0.25) is 11.9 Å². The van der Waals surface area contributed by atoms with Crippen LogP contribution in [0.15, 0.2) is 53.4 Å². The van der Waals surface area contributed by atoms with Gasteiger partial charge in [-0.05, 0) is 48.2 Å². The van der Waals surface area contributed by atoms with Gasteiger partial charge in [0.25, 0.3) is 0 Å². The summed E-state index contributed by atoms with van der Waals surface area (Å²) in [5.41, 5.74) is 4.08. The van der Waals surface area contributed by atoms with E-state index < -0.39 is 5.92 Å². The van der Waals surface area contributed by atoms with E-state index in [1.54, 1.807) is 6.20 Å². The molecule has 32 heavy (non-hydrogen) atoms. The largest absolute Gasteiger partial charge is 0.354 e. The van der Waals surface area contributed by atoms with E-state index in [1.165, 1.54) is 0 Å². The summed E-state index contributed by atoms with van der Waals surface area (Å²) < 4.78 is 2.79. The fourth-order valence-electron chi connectivity index (χ4n) is 3.99. The lowest BCUT2D eigenvalue weighted by Gasteiger charge is -2.12. The highest BCUT2D eigenvalue weighted by molar-refractivity contribution is 9.10. The molecule has 9 heteroatoms. The van der Waals surface area contributed by atoms with Crippen LogP contribution in [0, 0.1) is 0 Å². The highest BCUT2D eigenvalue weighted by atomic mass is 79.9. The number of carbonyl (C=O) groups is 1. The summed E-state index contributed by atoms with van der Waals surface area (Å²) in [7, 11) is 0. The van der Waals surface area contributed by atoms with Crippen LogP contribution in [-0.4, -0.2) is 37.2 Å². The molecule has 0 aliphatic carbocycles. The number of amides is 1. The first kappa shape index (κ1) is 20.6. The summed E-state index contributed by atoms with van der Waals surface area (Å²) in [5, 5.41) is 11.7. The Balaban J connectivity index is 1.53. The second kappa shape index (κ2) is 8.66. The number of halogens is 1. The minimum Gasteiger partial charge on any atom is -0.354 e. The Morgan fingerprint density at radius 1 is 1.25 bits per heavy atom. The van der Waals surface area contributed by atoms with Crippen LogP contribution in [0.3, 0.4) is 0 Å². The quantitative estimate of drug-likeness (QED) is 0.403. The molecule has 5 rings (SSSR count). The van der Waals surface area contributed by atoms with E-state index >= 15 is 0 Å².